The lowest BCUT2D eigenvalue weighted by atomic mass is 10.0. The first-order valence-electron chi connectivity index (χ1n) is 11.2. The van der Waals surface area contributed by atoms with Gasteiger partial charge in [-0.05, 0) is 55.4 Å². The van der Waals surface area contributed by atoms with E-state index in [1.54, 1.807) is 5.56 Å². The third-order valence-corrected chi connectivity index (χ3v) is 6.40. The maximum absolute atomic E-state index is 2.54. The number of hydrogen-bond donors (Lipinski definition) is 0. The van der Waals surface area contributed by atoms with Crippen molar-refractivity contribution in [1.82, 2.24) is 14.4 Å². The maximum atomic E-state index is 2.54. The SMILES string of the molecule is C1=CC(CN2C=CN(CCCn3c4c(c5ccccc53)CCC=C4)CC2)=CCC1. The highest BCUT2D eigenvalue weighted by atomic mass is 15.2. The van der Waals surface area contributed by atoms with Crippen molar-refractivity contribution in [1.29, 1.82) is 0 Å². The summed E-state index contributed by atoms with van der Waals surface area (Å²) in [5.41, 5.74) is 5.85. The fourth-order valence-corrected chi connectivity index (χ4v) is 4.88. The Bertz CT molecular complexity index is 989. The molecule has 0 N–H and O–H groups in total. The van der Waals surface area contributed by atoms with Crippen LogP contribution in [0, 0.1) is 0 Å². The van der Waals surface area contributed by atoms with Gasteiger partial charge < -0.3 is 14.4 Å². The monoisotopic (exact) mass is 385 g/mol. The van der Waals surface area contributed by atoms with Crippen molar-refractivity contribution in [3.63, 3.8) is 0 Å². The van der Waals surface area contributed by atoms with Crippen LogP contribution in [-0.4, -0.2) is 40.5 Å². The van der Waals surface area contributed by atoms with Crippen molar-refractivity contribution in [2.24, 2.45) is 0 Å². The Labute approximate surface area is 174 Å². The lowest BCUT2D eigenvalue weighted by Crippen LogP contribution is -2.36. The van der Waals surface area contributed by atoms with E-state index in [0.29, 0.717) is 0 Å². The first-order valence-corrected chi connectivity index (χ1v) is 11.2. The Morgan fingerprint density at radius 2 is 1.69 bits per heavy atom. The van der Waals surface area contributed by atoms with E-state index in [9.17, 15) is 0 Å². The molecule has 0 fully saturated rings. The van der Waals surface area contributed by atoms with E-state index in [4.69, 9.17) is 0 Å². The van der Waals surface area contributed by atoms with E-state index in [-0.39, 0.29) is 0 Å². The van der Waals surface area contributed by atoms with E-state index in [2.05, 4.69) is 81.4 Å². The minimum atomic E-state index is 1.05. The van der Waals surface area contributed by atoms with Gasteiger partial charge in [-0.15, -0.1) is 0 Å². The molecule has 1 aliphatic heterocycles. The quantitative estimate of drug-likeness (QED) is 0.663. The Balaban J connectivity index is 1.20. The summed E-state index contributed by atoms with van der Waals surface area (Å²) in [5.74, 6) is 0. The van der Waals surface area contributed by atoms with Crippen molar-refractivity contribution < 1.29 is 0 Å². The summed E-state index contributed by atoms with van der Waals surface area (Å²) in [6, 6.07) is 8.93. The molecule has 5 rings (SSSR count). The van der Waals surface area contributed by atoms with Crippen LogP contribution in [0.1, 0.15) is 36.9 Å². The number of para-hydroxylation sites is 1. The second-order valence-corrected chi connectivity index (χ2v) is 8.39. The summed E-state index contributed by atoms with van der Waals surface area (Å²) in [7, 11) is 0. The molecule has 0 saturated carbocycles. The standard InChI is InChI=1S/C26H31N3/c1-2-9-22(10-3-1)21-28-19-17-27(18-20-28)15-8-16-29-25-13-6-4-11-23(25)24-12-5-7-14-26(24)29/h2,4,6-7,9-11,13-14,17,19H,1,3,5,8,12,15-16,18,20-21H2. The van der Waals surface area contributed by atoms with Crippen LogP contribution in [0.3, 0.4) is 0 Å². The average molecular weight is 386 g/mol. The molecular formula is C26H31N3. The Morgan fingerprint density at radius 3 is 2.55 bits per heavy atom. The van der Waals surface area contributed by atoms with Gasteiger partial charge in [0, 0.05) is 61.7 Å². The van der Waals surface area contributed by atoms with Crippen molar-refractivity contribution in [2.45, 2.75) is 38.6 Å². The first-order chi connectivity index (χ1) is 14.4. The van der Waals surface area contributed by atoms with Gasteiger partial charge >= 0.3 is 0 Å². The Hall–Kier alpha value is -2.68. The van der Waals surface area contributed by atoms with Gasteiger partial charge in [-0.25, -0.2) is 0 Å². The molecule has 29 heavy (non-hydrogen) atoms. The molecule has 3 nitrogen and oxygen atoms in total. The summed E-state index contributed by atoms with van der Waals surface area (Å²) < 4.78 is 2.54. The molecule has 3 aliphatic rings. The molecule has 3 heteroatoms. The second kappa shape index (κ2) is 8.36. The Morgan fingerprint density at radius 1 is 0.828 bits per heavy atom. The number of hydrogen-bond acceptors (Lipinski definition) is 2. The number of aromatic nitrogens is 1. The zero-order chi connectivity index (χ0) is 19.5. The van der Waals surface area contributed by atoms with Gasteiger partial charge in [0.1, 0.15) is 0 Å². The van der Waals surface area contributed by atoms with Crippen LogP contribution in [0.15, 0.2) is 66.5 Å². The molecule has 0 saturated heterocycles. The van der Waals surface area contributed by atoms with Gasteiger partial charge in [0.15, 0.2) is 0 Å². The number of benzene rings is 1. The topological polar surface area (TPSA) is 11.4 Å². The second-order valence-electron chi connectivity index (χ2n) is 8.39. The molecule has 0 amide bonds. The molecule has 1 aromatic heterocycles. The van der Waals surface area contributed by atoms with E-state index in [1.807, 2.05) is 0 Å². The molecule has 0 radical (unpaired) electrons. The van der Waals surface area contributed by atoms with E-state index in [0.717, 1.165) is 32.7 Å². The lowest BCUT2D eigenvalue weighted by Gasteiger charge is -2.32. The number of aryl methyl sites for hydroxylation is 2. The molecule has 2 aliphatic carbocycles. The van der Waals surface area contributed by atoms with Crippen LogP contribution in [0.25, 0.3) is 17.0 Å². The van der Waals surface area contributed by atoms with E-state index < -0.39 is 0 Å². The lowest BCUT2D eigenvalue weighted by molar-refractivity contribution is 0.267. The predicted molar refractivity (Wildman–Crippen MR) is 123 cm³/mol. The fraction of sp³-hybridized carbons (Fsp3) is 0.385. The molecule has 1 aromatic carbocycles. The van der Waals surface area contributed by atoms with Crippen LogP contribution < -0.4 is 0 Å². The highest BCUT2D eigenvalue weighted by Crippen LogP contribution is 2.31. The number of fused-ring (bicyclic) bond motifs is 3. The van der Waals surface area contributed by atoms with Crippen LogP contribution in [0.4, 0.5) is 0 Å². The molecule has 150 valence electrons. The molecule has 0 bridgehead atoms. The van der Waals surface area contributed by atoms with Gasteiger partial charge in [0.05, 0.1) is 0 Å². The fourth-order valence-electron chi connectivity index (χ4n) is 4.88. The summed E-state index contributed by atoms with van der Waals surface area (Å²) in [5, 5.41) is 1.45. The summed E-state index contributed by atoms with van der Waals surface area (Å²) >= 11 is 0. The third-order valence-electron chi connectivity index (χ3n) is 6.40. The molecule has 0 spiro atoms. The molecule has 0 unspecified atom stereocenters. The van der Waals surface area contributed by atoms with Gasteiger partial charge in [0.25, 0.3) is 0 Å². The van der Waals surface area contributed by atoms with E-state index in [1.165, 1.54) is 54.3 Å². The molecular weight excluding hydrogens is 354 g/mol. The number of allylic oxidation sites excluding steroid dienone is 3. The van der Waals surface area contributed by atoms with Crippen molar-refractivity contribution in [3.8, 4) is 0 Å². The minimum Gasteiger partial charge on any atom is -0.374 e. The van der Waals surface area contributed by atoms with Crippen molar-refractivity contribution in [2.75, 3.05) is 26.2 Å². The highest BCUT2D eigenvalue weighted by molar-refractivity contribution is 5.88. The minimum absolute atomic E-state index is 1.05. The van der Waals surface area contributed by atoms with Crippen LogP contribution in [-0.2, 0) is 13.0 Å². The summed E-state index contributed by atoms with van der Waals surface area (Å²) in [6.07, 6.45) is 22.1. The summed E-state index contributed by atoms with van der Waals surface area (Å²) in [6.45, 7) is 5.50. The van der Waals surface area contributed by atoms with Crippen molar-refractivity contribution in [3.05, 3.63) is 77.8 Å². The summed E-state index contributed by atoms with van der Waals surface area (Å²) in [4.78, 5) is 4.92. The normalized spacial score (nSPS) is 18.4. The Kier molecular flexibility index (Phi) is 5.29. The zero-order valence-electron chi connectivity index (χ0n) is 17.3. The third kappa shape index (κ3) is 3.91. The van der Waals surface area contributed by atoms with Crippen LogP contribution in [0.2, 0.25) is 0 Å². The van der Waals surface area contributed by atoms with E-state index >= 15 is 0 Å². The van der Waals surface area contributed by atoms with Crippen LogP contribution >= 0.6 is 0 Å². The average Bonchev–Trinajstić information content (AvgIpc) is 3.10. The highest BCUT2D eigenvalue weighted by Gasteiger charge is 2.17. The first kappa shape index (κ1) is 18.4. The predicted octanol–water partition coefficient (Wildman–Crippen LogP) is 5.36. The number of nitrogens with zero attached hydrogens (tertiary/aromatic N) is 3. The smallest absolute Gasteiger partial charge is 0.0487 e. The van der Waals surface area contributed by atoms with Crippen molar-refractivity contribution >= 4 is 17.0 Å². The molecule has 2 heterocycles. The van der Waals surface area contributed by atoms with Crippen LogP contribution in [0.5, 0.6) is 0 Å². The van der Waals surface area contributed by atoms with Gasteiger partial charge in [0.2, 0.25) is 0 Å². The maximum Gasteiger partial charge on any atom is 0.0487 e. The van der Waals surface area contributed by atoms with Gasteiger partial charge in [-0.3, -0.25) is 0 Å². The zero-order valence-corrected chi connectivity index (χ0v) is 17.3. The molecule has 2 aromatic rings. The number of rotatable bonds is 6. The largest absolute Gasteiger partial charge is 0.374 e. The van der Waals surface area contributed by atoms with Gasteiger partial charge in [-0.1, -0.05) is 42.5 Å². The van der Waals surface area contributed by atoms with Gasteiger partial charge in [-0.2, -0.15) is 0 Å². The molecule has 0 atom stereocenters.